The highest BCUT2D eigenvalue weighted by molar-refractivity contribution is 5.82. The Balaban J connectivity index is 1.31. The molecule has 7 heteroatoms. The molecule has 1 amide bonds. The molecule has 2 unspecified atom stereocenters. The number of aryl methyl sites for hydroxylation is 1. The summed E-state index contributed by atoms with van der Waals surface area (Å²) >= 11 is 0. The van der Waals surface area contributed by atoms with Gasteiger partial charge in [0.2, 0.25) is 6.10 Å². The Hall–Kier alpha value is -3.35. The Bertz CT molecular complexity index is 1040. The zero-order valence-corrected chi connectivity index (χ0v) is 17.0. The van der Waals surface area contributed by atoms with Crippen molar-refractivity contribution >= 4 is 5.91 Å². The third-order valence-corrected chi connectivity index (χ3v) is 5.15. The molecule has 2 heterocycles. The lowest BCUT2D eigenvalue weighted by Crippen LogP contribution is -2.49. The number of aromatic amines is 1. The molecule has 6 nitrogen and oxygen atoms in total. The van der Waals surface area contributed by atoms with Gasteiger partial charge in [-0.25, -0.2) is 4.39 Å². The largest absolute Gasteiger partial charge is 0.482 e. The summed E-state index contributed by atoms with van der Waals surface area (Å²) in [5, 5.41) is 7.24. The Morgan fingerprint density at radius 1 is 1.13 bits per heavy atom. The Labute approximate surface area is 174 Å². The smallest absolute Gasteiger partial charge is 0.267 e. The average Bonchev–Trinajstić information content (AvgIpc) is 3.21. The molecular formula is C23H24FN3O3. The lowest BCUT2D eigenvalue weighted by atomic mass is 10.1. The molecule has 2 aromatic carbocycles. The van der Waals surface area contributed by atoms with Crippen molar-refractivity contribution in [2.45, 2.75) is 32.0 Å². The predicted molar refractivity (Wildman–Crippen MR) is 111 cm³/mol. The standard InChI is InChI=1S/C23H24FN3O3/c1-15-22(30-21-11-4-3-10-20(21)29-15)23(28)27(2)12-6-9-18-14-19(26-25-18)16-7-5-8-17(24)13-16/h3-5,7-8,10-11,13-15,22H,6,9,12H2,1-2H3,(H,25,26). The number of para-hydroxylation sites is 2. The zero-order valence-electron chi connectivity index (χ0n) is 17.0. The summed E-state index contributed by atoms with van der Waals surface area (Å²) in [6.07, 6.45) is 0.444. The van der Waals surface area contributed by atoms with Crippen molar-refractivity contribution in [3.8, 4) is 22.8 Å². The quantitative estimate of drug-likeness (QED) is 0.672. The van der Waals surface area contributed by atoms with Crippen LogP contribution in [0.1, 0.15) is 19.0 Å². The monoisotopic (exact) mass is 409 g/mol. The van der Waals surface area contributed by atoms with E-state index in [1.54, 1.807) is 24.1 Å². The number of H-pyrrole nitrogens is 1. The van der Waals surface area contributed by atoms with Crippen molar-refractivity contribution in [2.75, 3.05) is 13.6 Å². The van der Waals surface area contributed by atoms with Gasteiger partial charge in [0.1, 0.15) is 11.9 Å². The van der Waals surface area contributed by atoms with E-state index >= 15 is 0 Å². The SMILES string of the molecule is CC1Oc2ccccc2OC1C(=O)N(C)CCCc1cc(-c2cccc(F)c2)n[nH]1. The molecule has 1 aromatic heterocycles. The van der Waals surface area contributed by atoms with E-state index < -0.39 is 6.10 Å². The van der Waals surface area contributed by atoms with E-state index in [9.17, 15) is 9.18 Å². The number of carbonyl (C=O) groups excluding carboxylic acids is 1. The van der Waals surface area contributed by atoms with E-state index in [1.807, 2.05) is 37.3 Å². The van der Waals surface area contributed by atoms with Gasteiger partial charge in [-0.15, -0.1) is 0 Å². The molecular weight excluding hydrogens is 385 g/mol. The highest BCUT2D eigenvalue weighted by Gasteiger charge is 2.35. The van der Waals surface area contributed by atoms with Crippen LogP contribution >= 0.6 is 0 Å². The molecule has 0 fully saturated rings. The highest BCUT2D eigenvalue weighted by atomic mass is 19.1. The third-order valence-electron chi connectivity index (χ3n) is 5.15. The number of aromatic nitrogens is 2. The summed E-state index contributed by atoms with van der Waals surface area (Å²) in [7, 11) is 1.77. The second-order valence-corrected chi connectivity index (χ2v) is 7.46. The van der Waals surface area contributed by atoms with Gasteiger partial charge in [0.05, 0.1) is 5.69 Å². The first-order valence-corrected chi connectivity index (χ1v) is 9.99. The van der Waals surface area contributed by atoms with Crippen LogP contribution in [0.4, 0.5) is 4.39 Å². The maximum Gasteiger partial charge on any atom is 0.267 e. The van der Waals surface area contributed by atoms with Crippen LogP contribution in [0.25, 0.3) is 11.3 Å². The van der Waals surface area contributed by atoms with E-state index in [0.717, 1.165) is 24.1 Å². The van der Waals surface area contributed by atoms with Crippen LogP contribution in [0.3, 0.4) is 0 Å². The Morgan fingerprint density at radius 2 is 1.90 bits per heavy atom. The first kappa shape index (κ1) is 19.9. The summed E-state index contributed by atoms with van der Waals surface area (Å²) in [5.74, 6) is 0.847. The molecule has 0 radical (unpaired) electrons. The van der Waals surface area contributed by atoms with Gasteiger partial charge in [-0.3, -0.25) is 9.89 Å². The summed E-state index contributed by atoms with van der Waals surface area (Å²) in [6, 6.07) is 15.6. The molecule has 156 valence electrons. The number of ether oxygens (including phenoxy) is 2. The Morgan fingerprint density at radius 3 is 2.67 bits per heavy atom. The topological polar surface area (TPSA) is 67.5 Å². The van der Waals surface area contributed by atoms with Gasteiger partial charge in [-0.2, -0.15) is 5.10 Å². The fraction of sp³-hybridized carbons (Fsp3) is 0.304. The van der Waals surface area contributed by atoms with Gasteiger partial charge in [-0.1, -0.05) is 24.3 Å². The number of amides is 1. The second-order valence-electron chi connectivity index (χ2n) is 7.46. The Kier molecular flexibility index (Phi) is 5.70. The summed E-state index contributed by atoms with van der Waals surface area (Å²) in [4.78, 5) is 14.5. The van der Waals surface area contributed by atoms with Gasteiger partial charge >= 0.3 is 0 Å². The maximum absolute atomic E-state index is 13.4. The van der Waals surface area contributed by atoms with Crippen molar-refractivity contribution in [3.63, 3.8) is 0 Å². The fourth-order valence-corrected chi connectivity index (χ4v) is 3.51. The number of hydrogen-bond donors (Lipinski definition) is 1. The number of nitrogens with zero attached hydrogens (tertiary/aromatic N) is 2. The van der Waals surface area contributed by atoms with E-state index in [2.05, 4.69) is 10.2 Å². The molecule has 0 aliphatic carbocycles. The minimum absolute atomic E-state index is 0.109. The summed E-state index contributed by atoms with van der Waals surface area (Å²) < 4.78 is 25.1. The van der Waals surface area contributed by atoms with Crippen LogP contribution in [-0.4, -0.2) is 46.8 Å². The first-order valence-electron chi connectivity index (χ1n) is 9.99. The summed E-state index contributed by atoms with van der Waals surface area (Å²) in [6.45, 7) is 2.41. The van der Waals surface area contributed by atoms with E-state index in [-0.39, 0.29) is 17.8 Å². The van der Waals surface area contributed by atoms with Crippen LogP contribution in [0.5, 0.6) is 11.5 Å². The minimum Gasteiger partial charge on any atom is -0.482 e. The van der Waals surface area contributed by atoms with Crippen molar-refractivity contribution in [2.24, 2.45) is 0 Å². The van der Waals surface area contributed by atoms with Crippen molar-refractivity contribution < 1.29 is 18.7 Å². The van der Waals surface area contributed by atoms with E-state index in [1.165, 1.54) is 12.1 Å². The van der Waals surface area contributed by atoms with Gasteiger partial charge in [0.25, 0.3) is 5.91 Å². The first-order chi connectivity index (χ1) is 14.5. The van der Waals surface area contributed by atoms with Crippen LogP contribution in [0.2, 0.25) is 0 Å². The van der Waals surface area contributed by atoms with Crippen molar-refractivity contribution in [1.29, 1.82) is 0 Å². The number of halogens is 1. The molecule has 1 aliphatic rings. The van der Waals surface area contributed by atoms with Crippen LogP contribution in [0.15, 0.2) is 54.6 Å². The molecule has 30 heavy (non-hydrogen) atoms. The number of fused-ring (bicyclic) bond motifs is 1. The minimum atomic E-state index is -0.670. The number of carbonyl (C=O) groups is 1. The molecule has 0 saturated heterocycles. The maximum atomic E-state index is 13.4. The van der Waals surface area contributed by atoms with Gasteiger partial charge in [0.15, 0.2) is 11.5 Å². The lowest BCUT2D eigenvalue weighted by Gasteiger charge is -2.33. The van der Waals surface area contributed by atoms with Gasteiger partial charge in [-0.05, 0) is 50.1 Å². The number of benzene rings is 2. The normalized spacial score (nSPS) is 17.6. The van der Waals surface area contributed by atoms with E-state index in [0.29, 0.717) is 23.7 Å². The second kappa shape index (κ2) is 8.57. The average molecular weight is 409 g/mol. The molecule has 0 spiro atoms. The van der Waals surface area contributed by atoms with Crippen LogP contribution < -0.4 is 9.47 Å². The molecule has 4 rings (SSSR count). The molecule has 3 aromatic rings. The van der Waals surface area contributed by atoms with Crippen LogP contribution in [0, 0.1) is 5.82 Å². The number of rotatable bonds is 6. The van der Waals surface area contributed by atoms with Crippen LogP contribution in [-0.2, 0) is 11.2 Å². The number of nitrogens with one attached hydrogen (secondary N) is 1. The molecule has 2 atom stereocenters. The molecule has 0 saturated carbocycles. The van der Waals surface area contributed by atoms with Crippen molar-refractivity contribution in [1.82, 2.24) is 15.1 Å². The highest BCUT2D eigenvalue weighted by Crippen LogP contribution is 2.33. The predicted octanol–water partition coefficient (Wildman–Crippen LogP) is 3.84. The molecule has 1 N–H and O–H groups in total. The lowest BCUT2D eigenvalue weighted by molar-refractivity contribution is -0.143. The van der Waals surface area contributed by atoms with Crippen molar-refractivity contribution in [3.05, 3.63) is 66.1 Å². The zero-order chi connectivity index (χ0) is 21.1. The number of likely N-dealkylation sites (N-methyl/N-ethyl adjacent to an activating group) is 1. The van der Waals surface area contributed by atoms with Gasteiger partial charge in [0, 0.05) is 24.8 Å². The summed E-state index contributed by atoms with van der Waals surface area (Å²) in [5.41, 5.74) is 2.37. The van der Waals surface area contributed by atoms with Gasteiger partial charge < -0.3 is 14.4 Å². The number of hydrogen-bond acceptors (Lipinski definition) is 4. The third kappa shape index (κ3) is 4.30. The fourth-order valence-electron chi connectivity index (χ4n) is 3.51. The van der Waals surface area contributed by atoms with E-state index in [4.69, 9.17) is 9.47 Å². The molecule has 1 aliphatic heterocycles. The molecule has 0 bridgehead atoms.